The molecule has 1 aromatic heterocycles. The molecule has 2 fully saturated rings. The Kier molecular flexibility index (Phi) is 7.85. The van der Waals surface area contributed by atoms with Crippen molar-refractivity contribution >= 4 is 27.4 Å². The number of benzene rings is 1. The smallest absolute Gasteiger partial charge is 0.318 e. The monoisotopic (exact) mass is 515 g/mol. The van der Waals surface area contributed by atoms with Gasteiger partial charge in [0.25, 0.3) is 0 Å². The highest BCUT2D eigenvalue weighted by Gasteiger charge is 2.44. The van der Waals surface area contributed by atoms with Crippen molar-refractivity contribution in [1.29, 1.82) is 0 Å². The maximum Gasteiger partial charge on any atom is 0.318 e. The van der Waals surface area contributed by atoms with E-state index in [9.17, 15) is 13.2 Å². The van der Waals surface area contributed by atoms with E-state index in [2.05, 4.69) is 22.5 Å². The molecule has 10 heteroatoms. The Bertz CT molecular complexity index is 1180. The second-order valence-electron chi connectivity index (χ2n) is 10.1. The molecule has 1 atom stereocenters. The van der Waals surface area contributed by atoms with Gasteiger partial charge in [0.15, 0.2) is 15.7 Å². The van der Waals surface area contributed by atoms with Gasteiger partial charge in [-0.2, -0.15) is 0 Å². The lowest BCUT2D eigenvalue weighted by Crippen LogP contribution is -2.44. The van der Waals surface area contributed by atoms with E-state index < -0.39 is 14.6 Å². The predicted molar refractivity (Wildman–Crippen MR) is 142 cm³/mol. The summed E-state index contributed by atoms with van der Waals surface area (Å²) in [5.74, 6) is 1.16. The van der Waals surface area contributed by atoms with Crippen LogP contribution in [0.15, 0.2) is 30.3 Å². The third-order valence-electron chi connectivity index (χ3n) is 7.32. The van der Waals surface area contributed by atoms with Crippen LogP contribution in [0.25, 0.3) is 11.4 Å². The summed E-state index contributed by atoms with van der Waals surface area (Å²) in [7, 11) is -1.93. The molecule has 0 unspecified atom stereocenters. The van der Waals surface area contributed by atoms with Gasteiger partial charge >= 0.3 is 6.03 Å². The summed E-state index contributed by atoms with van der Waals surface area (Å²) in [6, 6.07) is 8.86. The van der Waals surface area contributed by atoms with Gasteiger partial charge in [0.05, 0.1) is 30.2 Å². The molecule has 1 aliphatic heterocycles. The standard InChI is InChI=1S/C26H37N5O4S/c1-18-17-35-15-14-31(18)23-16-22(26(2,3)36(33,34)21-8-6-5-7-9-21)29-24(30-23)19-10-12-20(13-11-19)28-25(32)27-4/h10-13,16,18,21H,5-9,14-15,17H2,1-4H3,(H2,27,28,32)/t18-/m0/s1. The van der Waals surface area contributed by atoms with E-state index in [4.69, 9.17) is 14.7 Å². The SMILES string of the molecule is CNC(=O)Nc1ccc(-c2nc(N3CCOC[C@@H]3C)cc(C(C)(C)S(=O)(=O)C3CCCCC3)n2)cc1. The molecule has 2 N–H and O–H groups in total. The molecule has 1 aromatic carbocycles. The fourth-order valence-corrected chi connectivity index (χ4v) is 7.10. The molecule has 1 saturated heterocycles. The van der Waals surface area contributed by atoms with Crippen molar-refractivity contribution in [1.82, 2.24) is 15.3 Å². The van der Waals surface area contributed by atoms with Crippen molar-refractivity contribution in [3.63, 3.8) is 0 Å². The van der Waals surface area contributed by atoms with Crippen molar-refractivity contribution in [2.45, 2.75) is 68.9 Å². The number of amides is 2. The lowest BCUT2D eigenvalue weighted by Gasteiger charge is -2.36. The van der Waals surface area contributed by atoms with Crippen LogP contribution in [-0.2, 0) is 19.3 Å². The number of hydrogen-bond acceptors (Lipinski definition) is 7. The normalized spacial score (nSPS) is 19.7. The number of aromatic nitrogens is 2. The Balaban J connectivity index is 1.76. The third-order valence-corrected chi connectivity index (χ3v) is 10.3. The number of ether oxygens (including phenoxy) is 1. The maximum atomic E-state index is 13.8. The summed E-state index contributed by atoms with van der Waals surface area (Å²) in [5, 5.41) is 4.92. The average molecular weight is 516 g/mol. The third kappa shape index (κ3) is 5.34. The summed E-state index contributed by atoms with van der Waals surface area (Å²) < 4.78 is 32.1. The summed E-state index contributed by atoms with van der Waals surface area (Å²) in [5.41, 5.74) is 1.88. The van der Waals surface area contributed by atoms with E-state index >= 15 is 0 Å². The molecular formula is C26H37N5O4S. The van der Waals surface area contributed by atoms with E-state index in [0.29, 0.717) is 55.6 Å². The number of hydrogen-bond donors (Lipinski definition) is 2. The van der Waals surface area contributed by atoms with Crippen LogP contribution in [0.2, 0.25) is 0 Å². The number of rotatable bonds is 6. The van der Waals surface area contributed by atoms with Gasteiger partial charge in [-0.15, -0.1) is 0 Å². The summed E-state index contributed by atoms with van der Waals surface area (Å²) in [4.78, 5) is 23.5. The first-order chi connectivity index (χ1) is 17.1. The molecule has 36 heavy (non-hydrogen) atoms. The molecule has 1 saturated carbocycles. The number of carbonyl (C=O) groups excluding carboxylic acids is 1. The van der Waals surface area contributed by atoms with Gasteiger partial charge in [-0.3, -0.25) is 0 Å². The molecule has 4 rings (SSSR count). The van der Waals surface area contributed by atoms with Crippen LogP contribution in [0.5, 0.6) is 0 Å². The van der Waals surface area contributed by atoms with E-state index in [0.717, 1.165) is 24.8 Å². The Morgan fingerprint density at radius 3 is 2.44 bits per heavy atom. The first-order valence-corrected chi connectivity index (χ1v) is 14.2. The van der Waals surface area contributed by atoms with Crippen molar-refractivity contribution < 1.29 is 17.9 Å². The number of urea groups is 1. The zero-order valence-corrected chi connectivity index (χ0v) is 22.4. The molecule has 0 bridgehead atoms. The lowest BCUT2D eigenvalue weighted by atomic mass is 10.0. The molecule has 196 valence electrons. The average Bonchev–Trinajstić information content (AvgIpc) is 2.89. The van der Waals surface area contributed by atoms with Gasteiger partial charge in [0.2, 0.25) is 0 Å². The van der Waals surface area contributed by atoms with Crippen LogP contribution in [0.1, 0.15) is 58.6 Å². The molecule has 1 aliphatic carbocycles. The minimum absolute atomic E-state index is 0.103. The van der Waals surface area contributed by atoms with Crippen LogP contribution in [0.4, 0.5) is 16.3 Å². The number of carbonyl (C=O) groups is 1. The van der Waals surface area contributed by atoms with E-state index in [1.54, 1.807) is 33.0 Å². The molecular weight excluding hydrogens is 478 g/mol. The molecule has 2 heterocycles. The number of sulfone groups is 1. The quantitative estimate of drug-likeness (QED) is 0.595. The van der Waals surface area contributed by atoms with E-state index in [1.165, 1.54) is 0 Å². The van der Waals surface area contributed by atoms with Crippen molar-refractivity contribution in [3.8, 4) is 11.4 Å². The number of nitrogens with zero attached hydrogens (tertiary/aromatic N) is 3. The summed E-state index contributed by atoms with van der Waals surface area (Å²) in [6.45, 7) is 7.45. The van der Waals surface area contributed by atoms with Crippen LogP contribution in [0.3, 0.4) is 0 Å². The van der Waals surface area contributed by atoms with Crippen LogP contribution in [-0.4, -0.2) is 62.5 Å². The largest absolute Gasteiger partial charge is 0.377 e. The molecule has 2 amide bonds. The number of anilines is 2. The second kappa shape index (κ2) is 10.7. The van der Waals surface area contributed by atoms with Crippen molar-refractivity contribution in [2.24, 2.45) is 0 Å². The molecule has 9 nitrogen and oxygen atoms in total. The van der Waals surface area contributed by atoms with Gasteiger partial charge in [0.1, 0.15) is 10.6 Å². The van der Waals surface area contributed by atoms with E-state index in [1.807, 2.05) is 18.2 Å². The minimum Gasteiger partial charge on any atom is -0.377 e. The topological polar surface area (TPSA) is 114 Å². The zero-order valence-electron chi connectivity index (χ0n) is 21.6. The van der Waals surface area contributed by atoms with Crippen LogP contribution < -0.4 is 15.5 Å². The number of morpholine rings is 1. The van der Waals surface area contributed by atoms with Gasteiger partial charge in [-0.25, -0.2) is 23.2 Å². The first kappa shape index (κ1) is 26.3. The van der Waals surface area contributed by atoms with Gasteiger partial charge in [-0.1, -0.05) is 19.3 Å². The first-order valence-electron chi connectivity index (χ1n) is 12.7. The van der Waals surface area contributed by atoms with Crippen molar-refractivity contribution in [2.75, 3.05) is 37.0 Å². The van der Waals surface area contributed by atoms with Gasteiger partial charge in [-0.05, 0) is 57.9 Å². The summed E-state index contributed by atoms with van der Waals surface area (Å²) >= 11 is 0. The Hall–Kier alpha value is -2.72. The highest BCUT2D eigenvalue weighted by Crippen LogP contribution is 2.38. The Labute approximate surface area is 214 Å². The number of nitrogens with one attached hydrogen (secondary N) is 2. The maximum absolute atomic E-state index is 13.8. The van der Waals surface area contributed by atoms with Crippen LogP contribution in [0, 0.1) is 0 Å². The fraction of sp³-hybridized carbons (Fsp3) is 0.577. The fourth-order valence-electron chi connectivity index (χ4n) is 4.92. The molecule has 2 aliphatic rings. The van der Waals surface area contributed by atoms with Gasteiger partial charge in [0, 0.05) is 30.9 Å². The highest BCUT2D eigenvalue weighted by atomic mass is 32.2. The predicted octanol–water partition coefficient (Wildman–Crippen LogP) is 4.10. The summed E-state index contributed by atoms with van der Waals surface area (Å²) in [6.07, 6.45) is 4.39. The Morgan fingerprint density at radius 2 is 1.81 bits per heavy atom. The zero-order chi connectivity index (χ0) is 25.9. The second-order valence-corrected chi connectivity index (χ2v) is 12.9. The van der Waals surface area contributed by atoms with E-state index in [-0.39, 0.29) is 17.3 Å². The molecule has 0 radical (unpaired) electrons. The molecule has 0 spiro atoms. The molecule has 2 aromatic rings. The van der Waals surface area contributed by atoms with Gasteiger partial charge < -0.3 is 20.3 Å². The lowest BCUT2D eigenvalue weighted by molar-refractivity contribution is 0.0985. The van der Waals surface area contributed by atoms with Crippen LogP contribution >= 0.6 is 0 Å². The van der Waals surface area contributed by atoms with Crippen molar-refractivity contribution in [3.05, 3.63) is 36.0 Å². The Morgan fingerprint density at radius 1 is 1.11 bits per heavy atom. The minimum atomic E-state index is -3.49. The highest BCUT2D eigenvalue weighted by molar-refractivity contribution is 7.92.